The lowest BCUT2D eigenvalue weighted by atomic mass is 10.3. The summed E-state index contributed by atoms with van der Waals surface area (Å²) in [6, 6.07) is 5.89. The number of methoxy groups -OCH3 is 1. The second-order valence-corrected chi connectivity index (χ2v) is 3.21. The molecule has 72 valence electrons. The Labute approximate surface area is 75.9 Å². The number of hydrogen-bond acceptors (Lipinski definition) is 4. The molecule has 0 heterocycles. The van der Waals surface area contributed by atoms with Crippen LogP contribution in [0.2, 0.25) is 0 Å². The van der Waals surface area contributed by atoms with E-state index in [1.807, 2.05) is 0 Å². The molecule has 0 aliphatic rings. The summed E-state index contributed by atoms with van der Waals surface area (Å²) in [7, 11) is -3.02. The maximum Gasteiger partial charge on any atom is 0.446 e. The molecule has 0 unspecified atom stereocenters. The molecule has 13 heavy (non-hydrogen) atoms. The van der Waals surface area contributed by atoms with Gasteiger partial charge in [-0.25, -0.2) is 0 Å². The lowest BCUT2D eigenvalue weighted by Gasteiger charge is -2.02. The second kappa shape index (κ2) is 3.63. The molecule has 0 aliphatic heterocycles. The summed E-state index contributed by atoms with van der Waals surface area (Å²) in [6.45, 7) is 0. The van der Waals surface area contributed by atoms with E-state index in [0.717, 1.165) is 0 Å². The zero-order valence-electron chi connectivity index (χ0n) is 6.80. The van der Waals surface area contributed by atoms with Crippen molar-refractivity contribution in [1.82, 2.24) is 0 Å². The predicted molar refractivity (Wildman–Crippen MR) is 45.2 cm³/mol. The Morgan fingerprint density at radius 3 is 2.46 bits per heavy atom. The van der Waals surface area contributed by atoms with E-state index in [0.29, 0.717) is 5.75 Å². The van der Waals surface area contributed by atoms with Gasteiger partial charge in [0.05, 0.1) is 7.11 Å². The molecule has 1 N–H and O–H groups in total. The fraction of sp³-hybridized carbons (Fsp3) is 0.143. The Kier molecular flexibility index (Phi) is 2.74. The lowest BCUT2D eigenvalue weighted by molar-refractivity contribution is 0.382. The third-order valence-corrected chi connectivity index (χ3v) is 1.65. The van der Waals surface area contributed by atoms with Gasteiger partial charge in [0.2, 0.25) is 0 Å². The van der Waals surface area contributed by atoms with Gasteiger partial charge in [-0.05, 0) is 12.1 Å². The first kappa shape index (κ1) is 9.82. The van der Waals surface area contributed by atoms with Crippen LogP contribution in [0, 0.1) is 0 Å². The maximum absolute atomic E-state index is 10.3. The van der Waals surface area contributed by atoms with E-state index in [2.05, 4.69) is 4.18 Å². The Morgan fingerprint density at radius 2 is 1.92 bits per heavy atom. The SMILES string of the molecule is COc1cccc(OS(=O)(=O)O)c1. The smallest absolute Gasteiger partial charge is 0.446 e. The van der Waals surface area contributed by atoms with Crippen LogP contribution < -0.4 is 8.92 Å². The standard InChI is InChI=1S/C7H8O5S/c1-11-6-3-2-4-7(5-6)12-13(8,9)10/h2-5H,1H3,(H,8,9,10). The van der Waals surface area contributed by atoms with Crippen LogP contribution in [0.15, 0.2) is 24.3 Å². The van der Waals surface area contributed by atoms with Crippen molar-refractivity contribution in [2.24, 2.45) is 0 Å². The number of ether oxygens (including phenoxy) is 1. The summed E-state index contributed by atoms with van der Waals surface area (Å²) in [6.07, 6.45) is 0. The van der Waals surface area contributed by atoms with Gasteiger partial charge in [0.15, 0.2) is 0 Å². The molecular formula is C7H8O5S. The molecule has 6 heteroatoms. The van der Waals surface area contributed by atoms with E-state index in [4.69, 9.17) is 9.29 Å². The van der Waals surface area contributed by atoms with Crippen LogP contribution in [-0.2, 0) is 10.4 Å². The molecule has 0 aromatic heterocycles. The third kappa shape index (κ3) is 3.30. The van der Waals surface area contributed by atoms with Crippen LogP contribution in [0.1, 0.15) is 0 Å². The first-order chi connectivity index (χ1) is 6.01. The Hall–Kier alpha value is -1.27. The van der Waals surface area contributed by atoms with Crippen molar-refractivity contribution in [3.8, 4) is 11.5 Å². The summed E-state index contributed by atoms with van der Waals surface area (Å²) in [5, 5.41) is 0. The molecule has 0 radical (unpaired) electrons. The second-order valence-electron chi connectivity index (χ2n) is 2.19. The van der Waals surface area contributed by atoms with E-state index < -0.39 is 10.4 Å². The van der Waals surface area contributed by atoms with Crippen LogP contribution in [0.25, 0.3) is 0 Å². The third-order valence-electron chi connectivity index (χ3n) is 1.24. The van der Waals surface area contributed by atoms with Crippen LogP contribution in [0.5, 0.6) is 11.5 Å². The molecular weight excluding hydrogens is 196 g/mol. The highest BCUT2D eigenvalue weighted by Crippen LogP contribution is 2.19. The fourth-order valence-electron chi connectivity index (χ4n) is 0.775. The number of hydrogen-bond donors (Lipinski definition) is 1. The number of rotatable bonds is 3. The van der Waals surface area contributed by atoms with Gasteiger partial charge in [0.25, 0.3) is 0 Å². The van der Waals surface area contributed by atoms with Crippen molar-refractivity contribution in [2.45, 2.75) is 0 Å². The van der Waals surface area contributed by atoms with Crippen molar-refractivity contribution in [3.05, 3.63) is 24.3 Å². The minimum absolute atomic E-state index is 0.00171. The molecule has 0 saturated heterocycles. The van der Waals surface area contributed by atoms with Crippen molar-refractivity contribution >= 4 is 10.4 Å². The zero-order valence-corrected chi connectivity index (χ0v) is 7.61. The van der Waals surface area contributed by atoms with Crippen molar-refractivity contribution < 1.29 is 21.9 Å². The van der Waals surface area contributed by atoms with Gasteiger partial charge >= 0.3 is 10.4 Å². The van der Waals surface area contributed by atoms with Crippen molar-refractivity contribution in [2.75, 3.05) is 7.11 Å². The lowest BCUT2D eigenvalue weighted by Crippen LogP contribution is -2.06. The molecule has 0 saturated carbocycles. The van der Waals surface area contributed by atoms with E-state index in [-0.39, 0.29) is 5.75 Å². The molecule has 0 bridgehead atoms. The van der Waals surface area contributed by atoms with Gasteiger partial charge < -0.3 is 8.92 Å². The van der Waals surface area contributed by atoms with Crippen LogP contribution in [0.4, 0.5) is 0 Å². The fourth-order valence-corrected chi connectivity index (χ4v) is 1.12. The van der Waals surface area contributed by atoms with Gasteiger partial charge in [-0.2, -0.15) is 8.42 Å². The van der Waals surface area contributed by atoms with Crippen molar-refractivity contribution in [3.63, 3.8) is 0 Å². The van der Waals surface area contributed by atoms with E-state index in [1.165, 1.54) is 19.2 Å². The van der Waals surface area contributed by atoms with Gasteiger partial charge in [-0.15, -0.1) is 0 Å². The molecule has 1 aromatic rings. The minimum Gasteiger partial charge on any atom is -0.497 e. The van der Waals surface area contributed by atoms with Gasteiger partial charge in [-0.1, -0.05) is 6.07 Å². The maximum atomic E-state index is 10.3. The summed E-state index contributed by atoms with van der Waals surface area (Å²) < 4.78 is 37.9. The van der Waals surface area contributed by atoms with Crippen LogP contribution >= 0.6 is 0 Å². The van der Waals surface area contributed by atoms with Gasteiger partial charge in [0.1, 0.15) is 11.5 Å². The molecule has 1 rings (SSSR count). The van der Waals surface area contributed by atoms with E-state index in [9.17, 15) is 8.42 Å². The van der Waals surface area contributed by atoms with Gasteiger partial charge in [0, 0.05) is 6.07 Å². The highest BCUT2D eigenvalue weighted by molar-refractivity contribution is 7.81. The normalized spacial score (nSPS) is 10.9. The highest BCUT2D eigenvalue weighted by atomic mass is 32.3. The van der Waals surface area contributed by atoms with E-state index >= 15 is 0 Å². The molecule has 0 aliphatic carbocycles. The summed E-state index contributed by atoms with van der Waals surface area (Å²) in [5.41, 5.74) is 0. The molecule has 5 nitrogen and oxygen atoms in total. The largest absolute Gasteiger partial charge is 0.497 e. The predicted octanol–water partition coefficient (Wildman–Crippen LogP) is 0.877. The summed E-state index contributed by atoms with van der Waals surface area (Å²) >= 11 is 0. The molecule has 0 amide bonds. The topological polar surface area (TPSA) is 72.8 Å². The highest BCUT2D eigenvalue weighted by Gasteiger charge is 2.06. The average molecular weight is 204 g/mol. The summed E-state index contributed by atoms with van der Waals surface area (Å²) in [5.74, 6) is 0.447. The molecule has 0 fully saturated rings. The Balaban J connectivity index is 2.90. The Morgan fingerprint density at radius 1 is 1.31 bits per heavy atom. The van der Waals surface area contributed by atoms with Crippen LogP contribution in [0.3, 0.4) is 0 Å². The van der Waals surface area contributed by atoms with E-state index in [1.54, 1.807) is 12.1 Å². The molecule has 0 spiro atoms. The number of benzene rings is 1. The zero-order chi connectivity index (χ0) is 9.90. The molecule has 0 atom stereocenters. The first-order valence-corrected chi connectivity index (χ1v) is 4.69. The molecule has 1 aromatic carbocycles. The minimum atomic E-state index is -4.46. The van der Waals surface area contributed by atoms with Crippen molar-refractivity contribution in [1.29, 1.82) is 0 Å². The monoisotopic (exact) mass is 204 g/mol. The summed E-state index contributed by atoms with van der Waals surface area (Å²) in [4.78, 5) is 0. The average Bonchev–Trinajstić information content (AvgIpc) is 2.01. The quantitative estimate of drug-likeness (QED) is 0.740. The van der Waals surface area contributed by atoms with Crippen LogP contribution in [-0.4, -0.2) is 20.1 Å². The first-order valence-electron chi connectivity index (χ1n) is 3.32. The van der Waals surface area contributed by atoms with Gasteiger partial charge in [-0.3, -0.25) is 4.55 Å². The Bertz CT molecular complexity index is 384.